The van der Waals surface area contributed by atoms with E-state index in [1.807, 2.05) is 6.21 Å². The van der Waals surface area contributed by atoms with Crippen molar-refractivity contribution in [3.8, 4) is 0 Å². The van der Waals surface area contributed by atoms with E-state index < -0.39 is 5.60 Å². The molecule has 0 aromatic heterocycles. The van der Waals surface area contributed by atoms with E-state index in [0.29, 0.717) is 29.1 Å². The standard InChI is InChI=1S/C25H42N4O2/c1-23-10-7-19(30)16-18(23)4-5-21-20(23)8-11-24(2)17(6-12-25(21,24)31)9-15-28-29-22-26-13-3-14-27-22/h15,17-21,30-31H,3-14,16H2,1-2H3,(H2,26,27,29)/b28-15+/t17-,18-,19+,20+,21-,23+,24-,25+/m1/s1. The summed E-state index contributed by atoms with van der Waals surface area (Å²) in [5.74, 6) is 2.94. The Morgan fingerprint density at radius 3 is 2.81 bits per heavy atom. The molecule has 174 valence electrons. The summed E-state index contributed by atoms with van der Waals surface area (Å²) in [6, 6.07) is 0. The van der Waals surface area contributed by atoms with Crippen LogP contribution in [0.3, 0.4) is 0 Å². The van der Waals surface area contributed by atoms with Gasteiger partial charge < -0.3 is 15.5 Å². The van der Waals surface area contributed by atoms with Gasteiger partial charge in [-0.15, -0.1) is 0 Å². The van der Waals surface area contributed by atoms with E-state index in [1.165, 1.54) is 12.8 Å². The van der Waals surface area contributed by atoms with Crippen molar-refractivity contribution in [3.05, 3.63) is 0 Å². The maximum atomic E-state index is 12.2. The minimum absolute atomic E-state index is 0.0157. The van der Waals surface area contributed by atoms with Crippen LogP contribution in [0.2, 0.25) is 0 Å². The second kappa shape index (κ2) is 8.02. The predicted molar refractivity (Wildman–Crippen MR) is 124 cm³/mol. The number of guanidine groups is 1. The number of nitrogens with one attached hydrogen (secondary N) is 2. The van der Waals surface area contributed by atoms with Crippen LogP contribution in [-0.4, -0.2) is 47.2 Å². The lowest BCUT2D eigenvalue weighted by atomic mass is 9.43. The number of hydrogen-bond acceptors (Lipinski definition) is 6. The first-order chi connectivity index (χ1) is 14.9. The van der Waals surface area contributed by atoms with Crippen LogP contribution in [0.15, 0.2) is 10.1 Å². The van der Waals surface area contributed by atoms with Crippen LogP contribution in [-0.2, 0) is 0 Å². The third-order valence-electron chi connectivity index (χ3n) is 10.6. The number of hydrazone groups is 1. The summed E-state index contributed by atoms with van der Waals surface area (Å²) in [7, 11) is 0. The first-order valence-corrected chi connectivity index (χ1v) is 12.8. The van der Waals surface area contributed by atoms with Gasteiger partial charge in [0.15, 0.2) is 0 Å². The topological polar surface area (TPSA) is 89.2 Å². The molecular weight excluding hydrogens is 388 g/mol. The zero-order valence-electron chi connectivity index (χ0n) is 19.4. The van der Waals surface area contributed by atoms with Crippen molar-refractivity contribution in [3.63, 3.8) is 0 Å². The SMILES string of the molecule is C[C@]12CC[C@H](O)C[C@H]1CC[C@@H]1[C@@H]2CC[C@]2(C)[C@@H](C/C=N/NC3=NCCCN3)CC[C@]12O. The largest absolute Gasteiger partial charge is 0.393 e. The highest BCUT2D eigenvalue weighted by Gasteiger charge is 2.66. The van der Waals surface area contributed by atoms with E-state index in [-0.39, 0.29) is 11.5 Å². The average molecular weight is 431 g/mol. The molecule has 4 fully saturated rings. The monoisotopic (exact) mass is 430 g/mol. The van der Waals surface area contributed by atoms with Gasteiger partial charge in [-0.2, -0.15) is 5.10 Å². The van der Waals surface area contributed by atoms with Gasteiger partial charge in [0.25, 0.3) is 0 Å². The Morgan fingerprint density at radius 1 is 1.13 bits per heavy atom. The second-order valence-corrected chi connectivity index (χ2v) is 11.7. The first-order valence-electron chi connectivity index (χ1n) is 12.8. The zero-order valence-corrected chi connectivity index (χ0v) is 19.4. The summed E-state index contributed by atoms with van der Waals surface area (Å²) in [4.78, 5) is 4.40. The van der Waals surface area contributed by atoms with Crippen molar-refractivity contribution in [2.45, 2.75) is 96.2 Å². The first kappa shape index (κ1) is 21.7. The maximum absolute atomic E-state index is 12.2. The third kappa shape index (κ3) is 3.43. The molecule has 0 bridgehead atoms. The molecule has 5 rings (SSSR count). The molecule has 4 aliphatic carbocycles. The Hall–Kier alpha value is -1.14. The molecule has 0 amide bonds. The highest BCUT2D eigenvalue weighted by Crippen LogP contribution is 2.69. The molecule has 6 nitrogen and oxygen atoms in total. The fourth-order valence-electron chi connectivity index (χ4n) is 8.59. The molecule has 6 heteroatoms. The molecule has 0 spiro atoms. The summed E-state index contributed by atoms with van der Waals surface area (Å²) in [5.41, 5.74) is 2.80. The molecule has 0 saturated heterocycles. The van der Waals surface area contributed by atoms with Crippen molar-refractivity contribution in [1.29, 1.82) is 0 Å². The molecule has 0 aromatic rings. The lowest BCUT2D eigenvalue weighted by molar-refractivity contribution is -0.209. The van der Waals surface area contributed by atoms with Crippen molar-refractivity contribution in [2.24, 2.45) is 44.6 Å². The molecule has 0 radical (unpaired) electrons. The van der Waals surface area contributed by atoms with Gasteiger partial charge in [0.05, 0.1) is 11.7 Å². The molecule has 1 heterocycles. The number of rotatable bonds is 3. The van der Waals surface area contributed by atoms with Crippen molar-refractivity contribution < 1.29 is 10.2 Å². The van der Waals surface area contributed by atoms with Gasteiger partial charge in [-0.25, -0.2) is 5.43 Å². The fourth-order valence-corrected chi connectivity index (χ4v) is 8.59. The molecule has 8 atom stereocenters. The molecular formula is C25H42N4O2. The molecule has 31 heavy (non-hydrogen) atoms. The quantitative estimate of drug-likeness (QED) is 0.408. The van der Waals surface area contributed by atoms with Crippen molar-refractivity contribution in [1.82, 2.24) is 10.7 Å². The van der Waals surface area contributed by atoms with E-state index in [0.717, 1.165) is 76.8 Å². The summed E-state index contributed by atoms with van der Waals surface area (Å²) in [6.45, 7) is 6.67. The normalized spacial score (nSPS) is 49.5. The van der Waals surface area contributed by atoms with Crippen LogP contribution in [0.5, 0.6) is 0 Å². The Kier molecular flexibility index (Phi) is 5.61. The summed E-state index contributed by atoms with van der Waals surface area (Å²) in [6.07, 6.45) is 13.7. The smallest absolute Gasteiger partial charge is 0.212 e. The Balaban J connectivity index is 1.28. The van der Waals surface area contributed by atoms with Crippen LogP contribution in [0, 0.1) is 34.5 Å². The van der Waals surface area contributed by atoms with Gasteiger partial charge in [-0.1, -0.05) is 13.8 Å². The van der Waals surface area contributed by atoms with Gasteiger partial charge in [0.2, 0.25) is 5.96 Å². The van der Waals surface area contributed by atoms with Crippen LogP contribution in [0.1, 0.15) is 84.5 Å². The fraction of sp³-hybridized carbons (Fsp3) is 0.920. The Morgan fingerprint density at radius 2 is 2.00 bits per heavy atom. The van der Waals surface area contributed by atoms with Gasteiger partial charge in [0, 0.05) is 19.3 Å². The van der Waals surface area contributed by atoms with Crippen molar-refractivity contribution in [2.75, 3.05) is 13.1 Å². The van der Waals surface area contributed by atoms with E-state index in [2.05, 4.69) is 34.7 Å². The number of aliphatic imine (C=N–C) groups is 1. The van der Waals surface area contributed by atoms with Gasteiger partial charge in [-0.05, 0) is 105 Å². The number of fused-ring (bicyclic) bond motifs is 5. The molecule has 5 aliphatic rings. The maximum Gasteiger partial charge on any atom is 0.212 e. The molecule has 4 N–H and O–H groups in total. The van der Waals surface area contributed by atoms with Crippen LogP contribution in [0.4, 0.5) is 0 Å². The minimum Gasteiger partial charge on any atom is -0.393 e. The number of aliphatic hydroxyl groups excluding tert-OH is 1. The lowest BCUT2D eigenvalue weighted by Crippen LogP contribution is -2.62. The number of hydrogen-bond donors (Lipinski definition) is 4. The van der Waals surface area contributed by atoms with E-state index >= 15 is 0 Å². The average Bonchev–Trinajstić information content (AvgIpc) is 3.03. The highest BCUT2D eigenvalue weighted by atomic mass is 16.3. The third-order valence-corrected chi connectivity index (χ3v) is 10.6. The van der Waals surface area contributed by atoms with Crippen LogP contribution >= 0.6 is 0 Å². The van der Waals surface area contributed by atoms with E-state index in [9.17, 15) is 10.2 Å². The Labute approximate surface area is 187 Å². The van der Waals surface area contributed by atoms with E-state index in [1.54, 1.807) is 0 Å². The Bertz CT molecular complexity index is 741. The van der Waals surface area contributed by atoms with E-state index in [4.69, 9.17) is 0 Å². The molecule has 4 saturated carbocycles. The second-order valence-electron chi connectivity index (χ2n) is 11.7. The number of aliphatic hydroxyl groups is 2. The summed E-state index contributed by atoms with van der Waals surface area (Å²) >= 11 is 0. The predicted octanol–water partition coefficient (Wildman–Crippen LogP) is 3.44. The van der Waals surface area contributed by atoms with Gasteiger partial charge in [0.1, 0.15) is 0 Å². The van der Waals surface area contributed by atoms with Gasteiger partial charge >= 0.3 is 0 Å². The zero-order chi connectivity index (χ0) is 21.7. The highest BCUT2D eigenvalue weighted by molar-refractivity contribution is 5.80. The van der Waals surface area contributed by atoms with Crippen LogP contribution < -0.4 is 10.7 Å². The molecule has 1 aliphatic heterocycles. The van der Waals surface area contributed by atoms with Gasteiger partial charge in [-0.3, -0.25) is 4.99 Å². The molecule has 0 unspecified atom stereocenters. The summed E-state index contributed by atoms with van der Waals surface area (Å²) < 4.78 is 0. The lowest BCUT2D eigenvalue weighted by Gasteiger charge is -2.63. The molecule has 0 aromatic carbocycles. The minimum atomic E-state index is -0.541. The summed E-state index contributed by atoms with van der Waals surface area (Å²) in [5, 5.41) is 30.1. The van der Waals surface area contributed by atoms with Crippen molar-refractivity contribution >= 4 is 12.2 Å². The van der Waals surface area contributed by atoms with Crippen LogP contribution in [0.25, 0.3) is 0 Å². The number of nitrogens with zero attached hydrogens (tertiary/aromatic N) is 2.